The Balaban J connectivity index is 1.59. The summed E-state index contributed by atoms with van der Waals surface area (Å²) in [5, 5.41) is 0. The third kappa shape index (κ3) is 4.23. The summed E-state index contributed by atoms with van der Waals surface area (Å²) >= 11 is 0. The van der Waals surface area contributed by atoms with Crippen LogP contribution in [0.2, 0.25) is 0 Å². The highest BCUT2D eigenvalue weighted by Gasteiger charge is 2.32. The fourth-order valence-corrected chi connectivity index (χ4v) is 6.52. The lowest BCUT2D eigenvalue weighted by Gasteiger charge is -2.34. The number of nitrogens with zero attached hydrogens (tertiary/aromatic N) is 1. The maximum absolute atomic E-state index is 6.28. The number of hydrogen-bond acceptors (Lipinski definition) is 2. The molecule has 0 radical (unpaired) electrons. The molecule has 0 aromatic heterocycles. The monoisotopic (exact) mass is 507 g/mol. The first kappa shape index (κ1) is 25.1. The summed E-state index contributed by atoms with van der Waals surface area (Å²) in [5.41, 5.74) is 15.4. The molecule has 0 fully saturated rings. The topological polar surface area (TPSA) is 12.5 Å². The molecule has 0 N–H and O–H groups in total. The predicted octanol–water partition coefficient (Wildman–Crippen LogP) is 7.63. The van der Waals surface area contributed by atoms with Gasteiger partial charge in [-0.25, -0.2) is 0 Å². The van der Waals surface area contributed by atoms with Crippen molar-refractivity contribution < 1.29 is 4.74 Å². The largest absolute Gasteiger partial charge is 0.453 e. The number of hydrogen-bond donors (Lipinski definition) is 0. The van der Waals surface area contributed by atoms with E-state index in [2.05, 4.69) is 119 Å². The third-order valence-corrected chi connectivity index (χ3v) is 8.22. The van der Waals surface area contributed by atoms with Crippen molar-refractivity contribution in [2.24, 2.45) is 0 Å². The molecule has 3 heteroatoms. The highest BCUT2D eigenvalue weighted by atomic mass is 16.5. The molecule has 5 aromatic carbocycles. The summed E-state index contributed by atoms with van der Waals surface area (Å²) in [6.45, 7) is 13.7. The Bertz CT molecular complexity index is 1560. The van der Waals surface area contributed by atoms with Crippen LogP contribution in [0.5, 0.6) is 11.5 Å². The van der Waals surface area contributed by atoms with Gasteiger partial charge in [0.1, 0.15) is 0 Å². The molecule has 1 heterocycles. The Morgan fingerprint density at radius 1 is 0.462 bits per heavy atom. The smallest absolute Gasteiger partial charge is 0.243 e. The van der Waals surface area contributed by atoms with E-state index in [0.29, 0.717) is 0 Å². The summed E-state index contributed by atoms with van der Waals surface area (Å²) < 4.78 is 6.28. The molecule has 1 aliphatic heterocycles. The lowest BCUT2D eigenvalue weighted by molar-refractivity contribution is 0.477. The zero-order valence-corrected chi connectivity index (χ0v) is 23.7. The summed E-state index contributed by atoms with van der Waals surface area (Å²) in [7, 11) is 0. The Morgan fingerprint density at radius 3 is 1.28 bits per heavy atom. The molecule has 2 nitrogen and oxygen atoms in total. The van der Waals surface area contributed by atoms with Crippen molar-refractivity contribution >= 4 is 40.2 Å². The molecule has 0 unspecified atom stereocenters. The van der Waals surface area contributed by atoms with Crippen molar-refractivity contribution in [3.8, 4) is 11.5 Å². The first-order valence-electron chi connectivity index (χ1n) is 13.7. The molecular weight excluding hydrogens is 473 g/mol. The first-order chi connectivity index (χ1) is 18.8. The van der Waals surface area contributed by atoms with Crippen molar-refractivity contribution in [3.05, 3.63) is 130 Å². The lowest BCUT2D eigenvalue weighted by Crippen LogP contribution is -2.57. The number of ether oxygens (including phenoxy) is 1. The molecule has 0 spiro atoms. The third-order valence-electron chi connectivity index (χ3n) is 8.22. The van der Waals surface area contributed by atoms with Gasteiger partial charge in [-0.3, -0.25) is 0 Å². The van der Waals surface area contributed by atoms with E-state index in [1.165, 1.54) is 49.8 Å². The van der Waals surface area contributed by atoms with Crippen molar-refractivity contribution in [3.63, 3.8) is 0 Å². The van der Waals surface area contributed by atoms with Crippen LogP contribution in [0.3, 0.4) is 0 Å². The van der Waals surface area contributed by atoms with Crippen molar-refractivity contribution in [2.45, 2.75) is 41.5 Å². The van der Waals surface area contributed by atoms with Crippen molar-refractivity contribution in [2.75, 3.05) is 4.90 Å². The van der Waals surface area contributed by atoms with Gasteiger partial charge in [0.05, 0.1) is 11.4 Å². The van der Waals surface area contributed by atoms with Crippen LogP contribution in [0.1, 0.15) is 33.4 Å². The second-order valence-corrected chi connectivity index (χ2v) is 10.9. The summed E-state index contributed by atoms with van der Waals surface area (Å²) in [4.78, 5) is 2.34. The SMILES string of the molecule is Cc1cccc(C)c1B(c1c(C)cccc1C)c1c(C)cc(N2c3ccccc3Oc3ccccc32)cc1C. The maximum atomic E-state index is 6.28. The number of aryl methyl sites for hydroxylation is 6. The van der Waals surface area contributed by atoms with Gasteiger partial charge in [0, 0.05) is 5.69 Å². The van der Waals surface area contributed by atoms with Crippen LogP contribution >= 0.6 is 0 Å². The van der Waals surface area contributed by atoms with Gasteiger partial charge >= 0.3 is 0 Å². The molecule has 0 amide bonds. The van der Waals surface area contributed by atoms with E-state index >= 15 is 0 Å². The molecule has 0 aliphatic carbocycles. The van der Waals surface area contributed by atoms with Gasteiger partial charge < -0.3 is 9.64 Å². The van der Waals surface area contributed by atoms with Gasteiger partial charge in [0.2, 0.25) is 6.71 Å². The van der Waals surface area contributed by atoms with Crippen LogP contribution in [0.15, 0.2) is 97.1 Å². The number of fused-ring (bicyclic) bond motifs is 2. The molecule has 6 rings (SSSR count). The molecular formula is C36H34BNO. The molecule has 5 aromatic rings. The van der Waals surface area contributed by atoms with Crippen LogP contribution in [0.25, 0.3) is 0 Å². The summed E-state index contributed by atoms with van der Waals surface area (Å²) in [6, 6.07) is 34.7. The van der Waals surface area contributed by atoms with Crippen LogP contribution in [-0.2, 0) is 0 Å². The first-order valence-corrected chi connectivity index (χ1v) is 13.7. The molecule has 0 bridgehead atoms. The van der Waals surface area contributed by atoms with E-state index in [0.717, 1.165) is 28.6 Å². The van der Waals surface area contributed by atoms with E-state index in [-0.39, 0.29) is 6.71 Å². The molecule has 1 aliphatic rings. The second kappa shape index (κ2) is 9.82. The van der Waals surface area contributed by atoms with E-state index in [4.69, 9.17) is 4.74 Å². The average molecular weight is 507 g/mol. The molecule has 39 heavy (non-hydrogen) atoms. The van der Waals surface area contributed by atoms with Crippen LogP contribution < -0.4 is 26.0 Å². The highest BCUT2D eigenvalue weighted by Crippen LogP contribution is 2.50. The van der Waals surface area contributed by atoms with Gasteiger partial charge in [-0.15, -0.1) is 0 Å². The Morgan fingerprint density at radius 2 is 0.846 bits per heavy atom. The highest BCUT2D eigenvalue weighted by molar-refractivity contribution is 6.97. The predicted molar refractivity (Wildman–Crippen MR) is 167 cm³/mol. The number of para-hydroxylation sites is 4. The average Bonchev–Trinajstić information content (AvgIpc) is 2.90. The van der Waals surface area contributed by atoms with Gasteiger partial charge in [0.25, 0.3) is 0 Å². The standard InChI is InChI=1S/C36H34BNO/c1-23-13-11-14-24(2)34(23)37(35-25(3)15-12-16-26(35)4)36-27(5)21-29(22-28(36)6)38-30-17-7-9-19-32(30)39-33-20-10-8-18-31(33)38/h7-22H,1-6H3. The molecule has 0 atom stereocenters. The number of rotatable bonds is 4. The van der Waals surface area contributed by atoms with Gasteiger partial charge in [-0.1, -0.05) is 110 Å². The lowest BCUT2D eigenvalue weighted by atomic mass is 9.33. The zero-order valence-electron chi connectivity index (χ0n) is 23.7. The van der Waals surface area contributed by atoms with Crippen LogP contribution in [-0.4, -0.2) is 6.71 Å². The van der Waals surface area contributed by atoms with E-state index in [1.807, 2.05) is 24.3 Å². The maximum Gasteiger partial charge on any atom is 0.243 e. The van der Waals surface area contributed by atoms with Crippen LogP contribution in [0.4, 0.5) is 17.1 Å². The Hall–Kier alpha value is -4.24. The zero-order chi connectivity index (χ0) is 27.3. The quantitative estimate of drug-likeness (QED) is 0.228. The van der Waals surface area contributed by atoms with E-state index in [9.17, 15) is 0 Å². The summed E-state index contributed by atoms with van der Waals surface area (Å²) in [6.07, 6.45) is 0. The second-order valence-electron chi connectivity index (χ2n) is 10.9. The van der Waals surface area contributed by atoms with Crippen LogP contribution in [0, 0.1) is 41.5 Å². The van der Waals surface area contributed by atoms with Gasteiger partial charge in [0.15, 0.2) is 11.5 Å². The molecule has 192 valence electrons. The Kier molecular flexibility index (Phi) is 6.31. The fourth-order valence-electron chi connectivity index (χ4n) is 6.52. The van der Waals surface area contributed by atoms with Crippen molar-refractivity contribution in [1.29, 1.82) is 0 Å². The minimum absolute atomic E-state index is 0.158. The fraction of sp³-hybridized carbons (Fsp3) is 0.167. The number of benzene rings is 5. The summed E-state index contributed by atoms with van der Waals surface area (Å²) in [5.74, 6) is 1.75. The molecule has 0 saturated heterocycles. The number of anilines is 3. The Labute approximate surface area is 233 Å². The minimum atomic E-state index is 0.158. The van der Waals surface area contributed by atoms with Gasteiger partial charge in [-0.2, -0.15) is 0 Å². The normalized spacial score (nSPS) is 12.0. The van der Waals surface area contributed by atoms with Gasteiger partial charge in [-0.05, 0) is 77.9 Å². The van der Waals surface area contributed by atoms with E-state index < -0.39 is 0 Å². The van der Waals surface area contributed by atoms with Crippen molar-refractivity contribution in [1.82, 2.24) is 0 Å². The van der Waals surface area contributed by atoms with E-state index in [1.54, 1.807) is 0 Å². The molecule has 0 saturated carbocycles. The minimum Gasteiger partial charge on any atom is -0.453 e.